The molecule has 0 aromatic carbocycles. The first-order valence-electron chi connectivity index (χ1n) is 6.55. The van der Waals surface area contributed by atoms with Gasteiger partial charge in [0, 0.05) is 42.9 Å². The molecule has 1 saturated heterocycles. The van der Waals surface area contributed by atoms with Crippen molar-refractivity contribution in [2.45, 2.75) is 19.4 Å². The molecule has 98 valence electrons. The van der Waals surface area contributed by atoms with Gasteiger partial charge in [-0.15, -0.1) is 0 Å². The maximum atomic E-state index is 5.96. The van der Waals surface area contributed by atoms with Gasteiger partial charge in [-0.2, -0.15) is 0 Å². The van der Waals surface area contributed by atoms with Gasteiger partial charge in [0.25, 0.3) is 0 Å². The van der Waals surface area contributed by atoms with Crippen molar-refractivity contribution in [3.05, 3.63) is 48.5 Å². The first-order valence-corrected chi connectivity index (χ1v) is 6.55. The van der Waals surface area contributed by atoms with Crippen LogP contribution >= 0.6 is 0 Å². The van der Waals surface area contributed by atoms with Gasteiger partial charge in [-0.05, 0) is 31.2 Å². The molecule has 1 unspecified atom stereocenters. The highest BCUT2D eigenvalue weighted by Crippen LogP contribution is 2.23. The van der Waals surface area contributed by atoms with Crippen LogP contribution in [0.3, 0.4) is 0 Å². The van der Waals surface area contributed by atoms with Gasteiger partial charge < -0.3 is 9.64 Å². The van der Waals surface area contributed by atoms with Gasteiger partial charge in [0.1, 0.15) is 11.9 Å². The molecule has 2 aromatic rings. The van der Waals surface area contributed by atoms with E-state index < -0.39 is 0 Å². The van der Waals surface area contributed by atoms with E-state index in [1.165, 1.54) is 5.69 Å². The minimum atomic E-state index is 0.246. The van der Waals surface area contributed by atoms with Crippen LogP contribution in [0.15, 0.2) is 42.9 Å². The third-order valence-corrected chi connectivity index (χ3v) is 3.34. The van der Waals surface area contributed by atoms with Crippen molar-refractivity contribution in [1.82, 2.24) is 9.97 Å². The first-order chi connectivity index (χ1) is 9.31. The lowest BCUT2D eigenvalue weighted by molar-refractivity contribution is 0.224. The Morgan fingerprint density at radius 3 is 2.84 bits per heavy atom. The van der Waals surface area contributed by atoms with E-state index >= 15 is 0 Å². The quantitative estimate of drug-likeness (QED) is 0.844. The highest BCUT2D eigenvalue weighted by molar-refractivity contribution is 5.47. The number of pyridine rings is 2. The number of anilines is 1. The largest absolute Gasteiger partial charge is 0.488 e. The molecule has 4 heteroatoms. The summed E-state index contributed by atoms with van der Waals surface area (Å²) in [4.78, 5) is 10.6. The van der Waals surface area contributed by atoms with Crippen LogP contribution in [-0.4, -0.2) is 29.2 Å². The van der Waals surface area contributed by atoms with Crippen LogP contribution in [0.25, 0.3) is 0 Å². The lowest BCUT2D eigenvalue weighted by Crippen LogP contribution is -2.24. The number of nitrogens with zero attached hydrogens (tertiary/aromatic N) is 3. The molecular formula is C15H17N3O. The highest BCUT2D eigenvalue weighted by Gasteiger charge is 2.24. The summed E-state index contributed by atoms with van der Waals surface area (Å²) in [5.41, 5.74) is 2.28. The number of aromatic nitrogens is 2. The molecule has 0 amide bonds. The summed E-state index contributed by atoms with van der Waals surface area (Å²) in [6.07, 6.45) is 6.67. The minimum Gasteiger partial charge on any atom is -0.488 e. The van der Waals surface area contributed by atoms with Crippen molar-refractivity contribution in [2.75, 3.05) is 18.0 Å². The Labute approximate surface area is 113 Å². The van der Waals surface area contributed by atoms with E-state index in [9.17, 15) is 0 Å². The predicted octanol–water partition coefficient (Wildman–Crippen LogP) is 2.44. The second-order valence-electron chi connectivity index (χ2n) is 4.81. The van der Waals surface area contributed by atoms with Crippen LogP contribution < -0.4 is 9.64 Å². The van der Waals surface area contributed by atoms with Crippen molar-refractivity contribution in [3.8, 4) is 5.75 Å². The van der Waals surface area contributed by atoms with Gasteiger partial charge in [0.2, 0.25) is 0 Å². The fourth-order valence-corrected chi connectivity index (χ4v) is 2.40. The van der Waals surface area contributed by atoms with Gasteiger partial charge in [-0.1, -0.05) is 0 Å². The monoisotopic (exact) mass is 255 g/mol. The normalized spacial score (nSPS) is 18.6. The van der Waals surface area contributed by atoms with Gasteiger partial charge in [-0.25, -0.2) is 0 Å². The summed E-state index contributed by atoms with van der Waals surface area (Å²) in [6, 6.07) is 7.98. The Balaban J connectivity index is 1.64. The molecule has 3 rings (SSSR count). The van der Waals surface area contributed by atoms with E-state index in [4.69, 9.17) is 4.74 Å². The molecular weight excluding hydrogens is 238 g/mol. The molecule has 1 atom stereocenters. The topological polar surface area (TPSA) is 38.2 Å². The maximum absolute atomic E-state index is 5.96. The third kappa shape index (κ3) is 2.84. The minimum absolute atomic E-state index is 0.246. The lowest BCUT2D eigenvalue weighted by Gasteiger charge is -2.19. The summed E-state index contributed by atoms with van der Waals surface area (Å²) >= 11 is 0. The van der Waals surface area contributed by atoms with E-state index in [1.54, 1.807) is 12.4 Å². The first kappa shape index (κ1) is 12.0. The van der Waals surface area contributed by atoms with E-state index in [-0.39, 0.29) is 6.10 Å². The van der Waals surface area contributed by atoms with Crippen LogP contribution in [0.4, 0.5) is 5.69 Å². The van der Waals surface area contributed by atoms with Gasteiger partial charge in [-0.3, -0.25) is 9.97 Å². The van der Waals surface area contributed by atoms with E-state index in [2.05, 4.69) is 27.0 Å². The second kappa shape index (κ2) is 5.26. The fraction of sp³-hybridized carbons (Fsp3) is 0.333. The smallest absolute Gasteiger partial charge is 0.122 e. The molecule has 0 spiro atoms. The molecule has 0 N–H and O–H groups in total. The standard InChI is InChI=1S/C15H17N3O/c1-12-10-13(2-8-17-12)18-9-5-15(11-18)19-14-3-6-16-7-4-14/h2-4,6-8,10,15H,5,9,11H2,1H3. The van der Waals surface area contributed by atoms with Crippen LogP contribution in [0.1, 0.15) is 12.1 Å². The summed E-state index contributed by atoms with van der Waals surface area (Å²) in [5.74, 6) is 0.896. The van der Waals surface area contributed by atoms with Crippen LogP contribution in [0.5, 0.6) is 5.75 Å². The molecule has 0 bridgehead atoms. The van der Waals surface area contributed by atoms with Crippen LogP contribution in [0, 0.1) is 6.92 Å². The van der Waals surface area contributed by atoms with Crippen molar-refractivity contribution in [1.29, 1.82) is 0 Å². The molecule has 1 fully saturated rings. The molecule has 1 aliphatic rings. The Morgan fingerprint density at radius 1 is 1.21 bits per heavy atom. The molecule has 0 aliphatic carbocycles. The van der Waals surface area contributed by atoms with E-state index in [0.29, 0.717) is 0 Å². The van der Waals surface area contributed by atoms with E-state index in [0.717, 1.165) is 31.0 Å². The molecule has 0 saturated carbocycles. The number of hydrogen-bond acceptors (Lipinski definition) is 4. The molecule has 0 radical (unpaired) electrons. The van der Waals surface area contributed by atoms with Crippen molar-refractivity contribution >= 4 is 5.69 Å². The second-order valence-corrected chi connectivity index (χ2v) is 4.81. The van der Waals surface area contributed by atoms with Gasteiger partial charge in [0.15, 0.2) is 0 Å². The predicted molar refractivity (Wildman–Crippen MR) is 74.5 cm³/mol. The lowest BCUT2D eigenvalue weighted by atomic mass is 10.3. The Kier molecular flexibility index (Phi) is 3.31. The summed E-state index contributed by atoms with van der Waals surface area (Å²) in [7, 11) is 0. The highest BCUT2D eigenvalue weighted by atomic mass is 16.5. The Hall–Kier alpha value is -2.10. The number of ether oxygens (including phenoxy) is 1. The van der Waals surface area contributed by atoms with Crippen LogP contribution in [-0.2, 0) is 0 Å². The van der Waals surface area contributed by atoms with Crippen molar-refractivity contribution < 1.29 is 4.74 Å². The van der Waals surface area contributed by atoms with Crippen molar-refractivity contribution in [2.24, 2.45) is 0 Å². The number of rotatable bonds is 3. The molecule has 2 aromatic heterocycles. The van der Waals surface area contributed by atoms with E-state index in [1.807, 2.05) is 25.3 Å². The molecule has 4 nitrogen and oxygen atoms in total. The molecule has 19 heavy (non-hydrogen) atoms. The summed E-state index contributed by atoms with van der Waals surface area (Å²) in [6.45, 7) is 3.97. The van der Waals surface area contributed by atoms with Crippen molar-refractivity contribution in [3.63, 3.8) is 0 Å². The molecule has 1 aliphatic heterocycles. The zero-order chi connectivity index (χ0) is 13.1. The van der Waals surface area contributed by atoms with Crippen LogP contribution in [0.2, 0.25) is 0 Å². The fourth-order valence-electron chi connectivity index (χ4n) is 2.40. The maximum Gasteiger partial charge on any atom is 0.122 e. The van der Waals surface area contributed by atoms with Gasteiger partial charge >= 0.3 is 0 Å². The SMILES string of the molecule is Cc1cc(N2CCC(Oc3ccncc3)C2)ccn1. The number of hydrogen-bond donors (Lipinski definition) is 0. The summed E-state index contributed by atoms with van der Waals surface area (Å²) < 4.78 is 5.96. The summed E-state index contributed by atoms with van der Waals surface area (Å²) in [5, 5.41) is 0. The zero-order valence-corrected chi connectivity index (χ0v) is 11.0. The average molecular weight is 255 g/mol. The van der Waals surface area contributed by atoms with Gasteiger partial charge in [0.05, 0.1) is 6.54 Å². The average Bonchev–Trinajstić information content (AvgIpc) is 2.88. The Morgan fingerprint density at radius 2 is 2.05 bits per heavy atom. The number of aryl methyl sites for hydroxylation is 1. The zero-order valence-electron chi connectivity index (χ0n) is 11.0. The third-order valence-electron chi connectivity index (χ3n) is 3.34. The Bertz CT molecular complexity index is 544. The molecule has 3 heterocycles.